The van der Waals surface area contributed by atoms with Crippen LogP contribution in [0.4, 0.5) is 0 Å². The van der Waals surface area contributed by atoms with Crippen LogP contribution in [0.3, 0.4) is 0 Å². The molecule has 1 N–H and O–H groups in total. The molecule has 2 nitrogen and oxygen atoms in total. The number of nitrogens with one attached hydrogen (secondary N) is 1. The first-order valence-corrected chi connectivity index (χ1v) is 7.20. The fourth-order valence-electron chi connectivity index (χ4n) is 2.00. The van der Waals surface area contributed by atoms with Crippen LogP contribution >= 0.6 is 11.3 Å². The van der Waals surface area contributed by atoms with Gasteiger partial charge < -0.3 is 10.1 Å². The van der Waals surface area contributed by atoms with Gasteiger partial charge in [-0.3, -0.25) is 0 Å². The zero-order chi connectivity index (χ0) is 12.9. The Hall–Kier alpha value is -0.380. The van der Waals surface area contributed by atoms with E-state index >= 15 is 0 Å². The van der Waals surface area contributed by atoms with Gasteiger partial charge in [-0.15, -0.1) is 11.3 Å². The Kier molecular flexibility index (Phi) is 5.63. The molecule has 1 aromatic rings. The van der Waals surface area contributed by atoms with Crippen LogP contribution in [0.5, 0.6) is 0 Å². The van der Waals surface area contributed by atoms with Gasteiger partial charge in [-0.05, 0) is 50.6 Å². The van der Waals surface area contributed by atoms with Crippen molar-refractivity contribution >= 4 is 11.3 Å². The van der Waals surface area contributed by atoms with E-state index in [4.69, 9.17) is 4.74 Å². The maximum atomic E-state index is 5.45. The molecule has 0 amide bonds. The van der Waals surface area contributed by atoms with E-state index in [0.29, 0.717) is 6.04 Å². The van der Waals surface area contributed by atoms with Crippen molar-refractivity contribution in [2.75, 3.05) is 7.11 Å². The predicted octanol–water partition coefficient (Wildman–Crippen LogP) is 3.60. The third-order valence-corrected chi connectivity index (χ3v) is 4.14. The van der Waals surface area contributed by atoms with E-state index in [1.54, 1.807) is 7.11 Å². The summed E-state index contributed by atoms with van der Waals surface area (Å²) >= 11 is 1.85. The fraction of sp³-hybridized carbons (Fsp3) is 0.714. The lowest BCUT2D eigenvalue weighted by Gasteiger charge is -2.27. The molecule has 0 spiro atoms. The van der Waals surface area contributed by atoms with Gasteiger partial charge in [-0.2, -0.15) is 0 Å². The first-order valence-electron chi connectivity index (χ1n) is 6.32. The van der Waals surface area contributed by atoms with Crippen LogP contribution in [0, 0.1) is 0 Å². The maximum absolute atomic E-state index is 5.45. The molecule has 0 aromatic carbocycles. The van der Waals surface area contributed by atoms with Crippen LogP contribution < -0.4 is 5.32 Å². The molecule has 1 heterocycles. The van der Waals surface area contributed by atoms with Gasteiger partial charge >= 0.3 is 0 Å². The number of ether oxygens (including phenoxy) is 1. The van der Waals surface area contributed by atoms with Crippen molar-refractivity contribution in [2.24, 2.45) is 0 Å². The number of thiophene rings is 1. The molecule has 0 aliphatic carbocycles. The summed E-state index contributed by atoms with van der Waals surface area (Å²) < 4.78 is 5.45. The Bertz CT molecular complexity index is 333. The SMILES string of the molecule is CCc1ccsc1CNC(C)CC(C)(C)OC. The summed E-state index contributed by atoms with van der Waals surface area (Å²) in [5.74, 6) is 0. The van der Waals surface area contributed by atoms with Crippen LogP contribution in [0.15, 0.2) is 11.4 Å². The lowest BCUT2D eigenvalue weighted by molar-refractivity contribution is 0.00846. The van der Waals surface area contributed by atoms with E-state index in [-0.39, 0.29) is 5.60 Å². The van der Waals surface area contributed by atoms with E-state index < -0.39 is 0 Å². The highest BCUT2D eigenvalue weighted by atomic mass is 32.1. The molecular formula is C14H25NOS. The van der Waals surface area contributed by atoms with Gasteiger partial charge in [0.2, 0.25) is 0 Å². The topological polar surface area (TPSA) is 21.3 Å². The van der Waals surface area contributed by atoms with Gasteiger partial charge in [0.25, 0.3) is 0 Å². The highest BCUT2D eigenvalue weighted by Crippen LogP contribution is 2.19. The quantitative estimate of drug-likeness (QED) is 0.803. The van der Waals surface area contributed by atoms with Crippen molar-refractivity contribution < 1.29 is 4.74 Å². The third-order valence-electron chi connectivity index (χ3n) is 3.18. The first kappa shape index (κ1) is 14.7. The van der Waals surface area contributed by atoms with E-state index in [0.717, 1.165) is 19.4 Å². The molecule has 0 aliphatic rings. The molecular weight excluding hydrogens is 230 g/mol. The van der Waals surface area contributed by atoms with Gasteiger partial charge in [0.15, 0.2) is 0 Å². The molecule has 0 radical (unpaired) electrons. The van der Waals surface area contributed by atoms with Crippen LogP contribution in [0.25, 0.3) is 0 Å². The van der Waals surface area contributed by atoms with Crippen LogP contribution in [0.2, 0.25) is 0 Å². The van der Waals surface area contributed by atoms with Gasteiger partial charge in [-0.1, -0.05) is 6.92 Å². The Morgan fingerprint density at radius 2 is 2.18 bits per heavy atom. The molecule has 1 atom stereocenters. The Morgan fingerprint density at radius 1 is 1.47 bits per heavy atom. The smallest absolute Gasteiger partial charge is 0.0637 e. The minimum absolute atomic E-state index is 0.0462. The highest BCUT2D eigenvalue weighted by Gasteiger charge is 2.19. The Balaban J connectivity index is 2.40. The minimum Gasteiger partial charge on any atom is -0.379 e. The fourth-order valence-corrected chi connectivity index (χ4v) is 2.92. The van der Waals surface area contributed by atoms with E-state index in [1.807, 2.05) is 11.3 Å². The summed E-state index contributed by atoms with van der Waals surface area (Å²) in [5, 5.41) is 5.76. The molecule has 3 heteroatoms. The van der Waals surface area contributed by atoms with E-state index in [9.17, 15) is 0 Å². The zero-order valence-electron chi connectivity index (χ0n) is 11.7. The van der Waals surface area contributed by atoms with Gasteiger partial charge in [-0.25, -0.2) is 0 Å². The van der Waals surface area contributed by atoms with E-state index in [1.165, 1.54) is 10.4 Å². The van der Waals surface area contributed by atoms with Crippen molar-refractivity contribution in [3.63, 3.8) is 0 Å². The number of hydrogen-bond acceptors (Lipinski definition) is 3. The third kappa shape index (κ3) is 4.78. The number of methoxy groups -OCH3 is 1. The summed E-state index contributed by atoms with van der Waals surface area (Å²) in [5.41, 5.74) is 1.43. The van der Waals surface area contributed by atoms with Crippen molar-refractivity contribution in [3.8, 4) is 0 Å². The average Bonchev–Trinajstić information content (AvgIpc) is 2.73. The van der Waals surface area contributed by atoms with Crippen LogP contribution in [-0.2, 0) is 17.7 Å². The van der Waals surface area contributed by atoms with Crippen molar-refractivity contribution in [2.45, 2.75) is 58.7 Å². The molecule has 0 saturated carbocycles. The van der Waals surface area contributed by atoms with Crippen LogP contribution in [0.1, 0.15) is 44.6 Å². The molecule has 1 rings (SSSR count). The first-order chi connectivity index (χ1) is 7.98. The second-order valence-electron chi connectivity index (χ2n) is 5.17. The Labute approximate surface area is 109 Å². The Morgan fingerprint density at radius 3 is 2.76 bits per heavy atom. The maximum Gasteiger partial charge on any atom is 0.0637 e. The van der Waals surface area contributed by atoms with Gasteiger partial charge in [0.05, 0.1) is 5.60 Å². The minimum atomic E-state index is -0.0462. The molecule has 98 valence electrons. The zero-order valence-corrected chi connectivity index (χ0v) is 12.5. The number of aryl methyl sites for hydroxylation is 1. The summed E-state index contributed by atoms with van der Waals surface area (Å²) in [6, 6.07) is 2.70. The van der Waals surface area contributed by atoms with Crippen molar-refractivity contribution in [1.29, 1.82) is 0 Å². The van der Waals surface area contributed by atoms with Gasteiger partial charge in [0.1, 0.15) is 0 Å². The molecule has 0 saturated heterocycles. The summed E-state index contributed by atoms with van der Waals surface area (Å²) in [4.78, 5) is 1.47. The summed E-state index contributed by atoms with van der Waals surface area (Å²) in [6.07, 6.45) is 2.15. The monoisotopic (exact) mass is 255 g/mol. The van der Waals surface area contributed by atoms with E-state index in [2.05, 4.69) is 44.5 Å². The lowest BCUT2D eigenvalue weighted by Crippen LogP contribution is -2.35. The molecule has 17 heavy (non-hydrogen) atoms. The number of rotatable bonds is 7. The molecule has 0 aliphatic heterocycles. The second-order valence-corrected chi connectivity index (χ2v) is 6.17. The van der Waals surface area contributed by atoms with Crippen molar-refractivity contribution in [1.82, 2.24) is 5.32 Å². The number of hydrogen-bond donors (Lipinski definition) is 1. The van der Waals surface area contributed by atoms with Gasteiger partial charge in [0, 0.05) is 24.6 Å². The normalized spacial score (nSPS) is 13.9. The molecule has 0 bridgehead atoms. The second kappa shape index (κ2) is 6.53. The average molecular weight is 255 g/mol. The summed E-state index contributed by atoms with van der Waals surface area (Å²) in [6.45, 7) is 9.67. The largest absolute Gasteiger partial charge is 0.379 e. The summed E-state index contributed by atoms with van der Waals surface area (Å²) in [7, 11) is 1.78. The molecule has 1 unspecified atom stereocenters. The lowest BCUT2D eigenvalue weighted by atomic mass is 10.00. The van der Waals surface area contributed by atoms with Crippen molar-refractivity contribution in [3.05, 3.63) is 21.9 Å². The highest BCUT2D eigenvalue weighted by molar-refractivity contribution is 7.10. The molecule has 1 aromatic heterocycles. The van der Waals surface area contributed by atoms with Crippen LogP contribution in [-0.4, -0.2) is 18.8 Å². The predicted molar refractivity (Wildman–Crippen MR) is 75.7 cm³/mol. The molecule has 0 fully saturated rings. The standard InChI is InChI=1S/C14H25NOS/c1-6-12-7-8-17-13(12)10-15-11(2)9-14(3,4)16-5/h7-8,11,15H,6,9-10H2,1-5H3.